The SMILES string of the molecule is Cl.O=C(CCOC1CCOCC1)N1CCNCC1. The molecule has 0 bridgehead atoms. The molecule has 2 fully saturated rings. The Kier molecular flexibility index (Phi) is 7.58. The predicted octanol–water partition coefficient (Wildman–Crippen LogP) is 0.426. The molecule has 0 aromatic carbocycles. The van der Waals surface area contributed by atoms with Gasteiger partial charge in [-0.15, -0.1) is 12.4 Å². The second kappa shape index (κ2) is 8.69. The first-order valence-electron chi connectivity index (χ1n) is 6.54. The Morgan fingerprint density at radius 1 is 1.28 bits per heavy atom. The van der Waals surface area contributed by atoms with E-state index in [-0.39, 0.29) is 18.3 Å². The number of hydrogen-bond donors (Lipinski definition) is 1. The van der Waals surface area contributed by atoms with Crippen molar-refractivity contribution in [3.05, 3.63) is 0 Å². The van der Waals surface area contributed by atoms with Gasteiger partial charge in [-0.25, -0.2) is 0 Å². The van der Waals surface area contributed by atoms with E-state index in [1.807, 2.05) is 4.90 Å². The number of carbonyl (C=O) groups excluding carboxylic acids is 1. The molecule has 18 heavy (non-hydrogen) atoms. The first kappa shape index (κ1) is 15.7. The van der Waals surface area contributed by atoms with Crippen molar-refractivity contribution in [2.24, 2.45) is 0 Å². The highest BCUT2D eigenvalue weighted by atomic mass is 35.5. The number of halogens is 1. The lowest BCUT2D eigenvalue weighted by molar-refractivity contribution is -0.133. The van der Waals surface area contributed by atoms with Crippen molar-refractivity contribution in [2.75, 3.05) is 46.0 Å². The molecule has 0 aliphatic carbocycles. The van der Waals surface area contributed by atoms with Gasteiger partial charge in [-0.2, -0.15) is 0 Å². The molecular formula is C12H23ClN2O3. The Bertz CT molecular complexity index is 241. The van der Waals surface area contributed by atoms with Gasteiger partial charge in [0.25, 0.3) is 0 Å². The second-order valence-corrected chi connectivity index (χ2v) is 4.56. The maximum Gasteiger partial charge on any atom is 0.224 e. The summed E-state index contributed by atoms with van der Waals surface area (Å²) < 4.78 is 11.0. The standard InChI is InChI=1S/C12H22N2O3.ClH/c15-12(14-6-4-13-5-7-14)3-10-17-11-1-8-16-9-2-11;/h11,13H,1-10H2;1H. The molecule has 0 atom stereocenters. The van der Waals surface area contributed by atoms with E-state index in [1.54, 1.807) is 0 Å². The van der Waals surface area contributed by atoms with E-state index in [1.165, 1.54) is 0 Å². The molecule has 1 N–H and O–H groups in total. The van der Waals surface area contributed by atoms with Gasteiger partial charge < -0.3 is 19.7 Å². The molecule has 1 amide bonds. The number of amides is 1. The molecule has 106 valence electrons. The number of nitrogens with one attached hydrogen (secondary N) is 1. The van der Waals surface area contributed by atoms with E-state index in [2.05, 4.69) is 5.32 Å². The van der Waals surface area contributed by atoms with E-state index >= 15 is 0 Å². The Hall–Kier alpha value is -0.360. The lowest BCUT2D eigenvalue weighted by atomic mass is 10.1. The van der Waals surface area contributed by atoms with Crippen molar-refractivity contribution in [3.8, 4) is 0 Å². The van der Waals surface area contributed by atoms with Crippen LogP contribution in [0.5, 0.6) is 0 Å². The molecule has 2 saturated heterocycles. The van der Waals surface area contributed by atoms with E-state index in [0.29, 0.717) is 19.1 Å². The summed E-state index contributed by atoms with van der Waals surface area (Å²) in [4.78, 5) is 13.8. The average molecular weight is 279 g/mol. The van der Waals surface area contributed by atoms with Gasteiger partial charge in [-0.05, 0) is 12.8 Å². The van der Waals surface area contributed by atoms with Gasteiger partial charge >= 0.3 is 0 Å². The van der Waals surface area contributed by atoms with Crippen LogP contribution in [-0.4, -0.2) is 62.9 Å². The third-order valence-electron chi connectivity index (χ3n) is 3.31. The fourth-order valence-electron chi connectivity index (χ4n) is 2.23. The highest BCUT2D eigenvalue weighted by Crippen LogP contribution is 2.11. The zero-order valence-corrected chi connectivity index (χ0v) is 11.5. The van der Waals surface area contributed by atoms with Crippen LogP contribution in [0.15, 0.2) is 0 Å². The van der Waals surface area contributed by atoms with Crippen molar-refractivity contribution in [1.29, 1.82) is 0 Å². The van der Waals surface area contributed by atoms with Gasteiger partial charge in [0.1, 0.15) is 0 Å². The quantitative estimate of drug-likeness (QED) is 0.810. The summed E-state index contributed by atoms with van der Waals surface area (Å²) in [7, 11) is 0. The largest absolute Gasteiger partial charge is 0.381 e. The summed E-state index contributed by atoms with van der Waals surface area (Å²) in [5, 5.41) is 3.24. The molecule has 2 aliphatic rings. The number of rotatable bonds is 4. The smallest absolute Gasteiger partial charge is 0.224 e. The molecule has 0 unspecified atom stereocenters. The molecule has 5 nitrogen and oxygen atoms in total. The average Bonchev–Trinajstić information content (AvgIpc) is 2.41. The third-order valence-corrected chi connectivity index (χ3v) is 3.31. The third kappa shape index (κ3) is 5.10. The minimum absolute atomic E-state index is 0. The number of piperazine rings is 1. The van der Waals surface area contributed by atoms with Crippen molar-refractivity contribution in [2.45, 2.75) is 25.4 Å². The zero-order chi connectivity index (χ0) is 11.9. The lowest BCUT2D eigenvalue weighted by Gasteiger charge is -2.28. The van der Waals surface area contributed by atoms with Crippen molar-refractivity contribution >= 4 is 18.3 Å². The van der Waals surface area contributed by atoms with Crippen LogP contribution < -0.4 is 5.32 Å². The highest BCUT2D eigenvalue weighted by Gasteiger charge is 2.18. The van der Waals surface area contributed by atoms with Gasteiger partial charge in [-0.3, -0.25) is 4.79 Å². The first-order valence-corrected chi connectivity index (χ1v) is 6.54. The summed E-state index contributed by atoms with van der Waals surface area (Å²) in [6, 6.07) is 0. The Morgan fingerprint density at radius 3 is 2.61 bits per heavy atom. The van der Waals surface area contributed by atoms with Crippen molar-refractivity contribution in [1.82, 2.24) is 10.2 Å². The fourth-order valence-corrected chi connectivity index (χ4v) is 2.23. The van der Waals surface area contributed by atoms with Gasteiger partial charge in [0.2, 0.25) is 5.91 Å². The topological polar surface area (TPSA) is 50.8 Å². The van der Waals surface area contributed by atoms with E-state index < -0.39 is 0 Å². The van der Waals surface area contributed by atoms with Crippen LogP contribution >= 0.6 is 12.4 Å². The zero-order valence-electron chi connectivity index (χ0n) is 10.7. The van der Waals surface area contributed by atoms with E-state index in [4.69, 9.17) is 9.47 Å². The molecule has 6 heteroatoms. The van der Waals surface area contributed by atoms with Crippen LogP contribution in [-0.2, 0) is 14.3 Å². The monoisotopic (exact) mass is 278 g/mol. The second-order valence-electron chi connectivity index (χ2n) is 4.56. The van der Waals surface area contributed by atoms with E-state index in [9.17, 15) is 4.79 Å². The molecular weight excluding hydrogens is 256 g/mol. The van der Waals surface area contributed by atoms with Crippen LogP contribution in [0.25, 0.3) is 0 Å². The van der Waals surface area contributed by atoms with Gasteiger partial charge in [0, 0.05) is 39.4 Å². The molecule has 2 heterocycles. The number of hydrogen-bond acceptors (Lipinski definition) is 4. The molecule has 0 radical (unpaired) electrons. The van der Waals surface area contributed by atoms with Gasteiger partial charge in [-0.1, -0.05) is 0 Å². The summed E-state index contributed by atoms with van der Waals surface area (Å²) >= 11 is 0. The van der Waals surface area contributed by atoms with Gasteiger partial charge in [0.15, 0.2) is 0 Å². The number of nitrogens with zero attached hydrogens (tertiary/aromatic N) is 1. The van der Waals surface area contributed by atoms with E-state index in [0.717, 1.165) is 52.2 Å². The Balaban J connectivity index is 0.00000162. The normalized spacial score (nSPS) is 21.4. The van der Waals surface area contributed by atoms with Crippen molar-refractivity contribution in [3.63, 3.8) is 0 Å². The Morgan fingerprint density at radius 2 is 1.94 bits per heavy atom. The van der Waals surface area contributed by atoms with Crippen LogP contribution in [0.3, 0.4) is 0 Å². The maximum absolute atomic E-state index is 11.8. The van der Waals surface area contributed by atoms with Crippen LogP contribution in [0.2, 0.25) is 0 Å². The van der Waals surface area contributed by atoms with Crippen molar-refractivity contribution < 1.29 is 14.3 Å². The minimum Gasteiger partial charge on any atom is -0.381 e. The molecule has 0 aromatic rings. The first-order chi connectivity index (χ1) is 8.36. The highest BCUT2D eigenvalue weighted by molar-refractivity contribution is 5.85. The van der Waals surface area contributed by atoms with Crippen LogP contribution in [0, 0.1) is 0 Å². The summed E-state index contributed by atoms with van der Waals surface area (Å²) in [6.45, 7) is 5.60. The summed E-state index contributed by atoms with van der Waals surface area (Å²) in [5.74, 6) is 0.221. The summed E-state index contributed by atoms with van der Waals surface area (Å²) in [5.41, 5.74) is 0. The minimum atomic E-state index is 0. The Labute approximate surface area is 115 Å². The number of carbonyl (C=O) groups is 1. The van der Waals surface area contributed by atoms with Crippen LogP contribution in [0.4, 0.5) is 0 Å². The molecule has 0 spiro atoms. The maximum atomic E-state index is 11.8. The fraction of sp³-hybridized carbons (Fsp3) is 0.917. The molecule has 0 aromatic heterocycles. The lowest BCUT2D eigenvalue weighted by Crippen LogP contribution is -2.46. The van der Waals surface area contributed by atoms with Crippen LogP contribution in [0.1, 0.15) is 19.3 Å². The number of ether oxygens (including phenoxy) is 2. The molecule has 2 rings (SSSR count). The molecule has 0 saturated carbocycles. The predicted molar refractivity (Wildman–Crippen MR) is 71.1 cm³/mol. The molecule has 2 aliphatic heterocycles. The summed E-state index contributed by atoms with van der Waals surface area (Å²) in [6.07, 6.45) is 2.72. The van der Waals surface area contributed by atoms with Gasteiger partial charge in [0.05, 0.1) is 19.1 Å².